The predicted octanol–water partition coefficient (Wildman–Crippen LogP) is 3.77. The smallest absolute Gasteiger partial charge is 0.228 e. The lowest BCUT2D eigenvalue weighted by Gasteiger charge is -2.19. The number of H-pyrrole nitrogens is 1. The van der Waals surface area contributed by atoms with Gasteiger partial charge >= 0.3 is 0 Å². The van der Waals surface area contributed by atoms with Gasteiger partial charge in [-0.15, -0.1) is 22.7 Å². The molecule has 0 aliphatic heterocycles. The minimum Gasteiger partial charge on any atom is -0.341 e. The van der Waals surface area contributed by atoms with E-state index in [-0.39, 0.29) is 5.91 Å². The van der Waals surface area contributed by atoms with E-state index in [0.29, 0.717) is 13.0 Å². The average molecular weight is 312 g/mol. The van der Waals surface area contributed by atoms with Gasteiger partial charge < -0.3 is 9.88 Å². The first-order valence-electron chi connectivity index (χ1n) is 6.09. The van der Waals surface area contributed by atoms with Gasteiger partial charge in [-0.1, -0.05) is 6.07 Å². The molecule has 0 aliphatic carbocycles. The van der Waals surface area contributed by atoms with Gasteiger partial charge in [-0.2, -0.15) is 0 Å². The highest BCUT2D eigenvalue weighted by atomic mass is 32.1. The number of carbonyl (C=O) groups excluding carboxylic acids is 1. The summed E-state index contributed by atoms with van der Waals surface area (Å²) in [5, 5.41) is 2.04. The lowest BCUT2D eigenvalue weighted by molar-refractivity contribution is -0.130. The first-order chi connectivity index (χ1) is 9.10. The van der Waals surface area contributed by atoms with Crippen LogP contribution < -0.4 is 0 Å². The first kappa shape index (κ1) is 14.4. The van der Waals surface area contributed by atoms with E-state index in [1.165, 1.54) is 16.2 Å². The topological polar surface area (TPSA) is 36.1 Å². The molecule has 0 spiro atoms. The van der Waals surface area contributed by atoms with Crippen molar-refractivity contribution in [2.45, 2.75) is 26.8 Å². The van der Waals surface area contributed by atoms with E-state index in [0.717, 1.165) is 21.1 Å². The van der Waals surface area contributed by atoms with E-state index in [2.05, 4.69) is 11.1 Å². The van der Waals surface area contributed by atoms with E-state index in [9.17, 15) is 4.79 Å². The van der Waals surface area contributed by atoms with Crippen molar-refractivity contribution in [1.29, 1.82) is 0 Å². The molecule has 2 rings (SSSR count). The maximum absolute atomic E-state index is 12.3. The quantitative estimate of drug-likeness (QED) is 0.853. The summed E-state index contributed by atoms with van der Waals surface area (Å²) >= 11 is 8.28. The van der Waals surface area contributed by atoms with Crippen LogP contribution in [0.5, 0.6) is 0 Å². The average Bonchev–Trinajstić information content (AvgIpc) is 2.97. The molecule has 0 unspecified atom stereocenters. The Morgan fingerprint density at radius 3 is 2.84 bits per heavy atom. The lowest BCUT2D eigenvalue weighted by Crippen LogP contribution is -2.31. The van der Waals surface area contributed by atoms with Crippen LogP contribution in [0.4, 0.5) is 0 Å². The van der Waals surface area contributed by atoms with Crippen molar-refractivity contribution in [1.82, 2.24) is 9.88 Å². The molecule has 0 aliphatic rings. The summed E-state index contributed by atoms with van der Waals surface area (Å²) in [7, 11) is 0. The van der Waals surface area contributed by atoms with Gasteiger partial charge in [0.05, 0.1) is 13.0 Å². The molecule has 0 saturated carbocycles. The number of thiazole rings is 1. The fourth-order valence-corrected chi connectivity index (χ4v) is 3.82. The number of rotatable bonds is 5. The Balaban J connectivity index is 2.04. The molecule has 0 aromatic carbocycles. The summed E-state index contributed by atoms with van der Waals surface area (Å²) in [5.41, 5.74) is 1.01. The summed E-state index contributed by atoms with van der Waals surface area (Å²) in [6.07, 6.45) is 0.433. The number of hydrogen-bond acceptors (Lipinski definition) is 4. The van der Waals surface area contributed by atoms with Crippen molar-refractivity contribution >= 4 is 40.8 Å². The van der Waals surface area contributed by atoms with Gasteiger partial charge in [0.1, 0.15) is 0 Å². The van der Waals surface area contributed by atoms with Gasteiger partial charge in [0.2, 0.25) is 5.91 Å². The molecule has 1 N–H and O–H groups in total. The third kappa shape index (κ3) is 3.75. The monoisotopic (exact) mass is 312 g/mol. The second kappa shape index (κ2) is 6.45. The minimum atomic E-state index is 0.157. The van der Waals surface area contributed by atoms with Gasteiger partial charge in [0, 0.05) is 22.0 Å². The minimum absolute atomic E-state index is 0.157. The number of nitrogens with one attached hydrogen (secondary N) is 1. The summed E-state index contributed by atoms with van der Waals surface area (Å²) < 4.78 is 0.738. The van der Waals surface area contributed by atoms with E-state index in [1.807, 2.05) is 30.2 Å². The zero-order chi connectivity index (χ0) is 13.8. The molecule has 0 bridgehead atoms. The van der Waals surface area contributed by atoms with Crippen LogP contribution in [0.3, 0.4) is 0 Å². The SMILES string of the molecule is CCN(Cc1cccs1)C(=O)Cc1sc(=S)[nH]c1C. The number of likely N-dealkylation sites (N-methyl/N-ethyl adjacent to an activating group) is 1. The highest BCUT2D eigenvalue weighted by Crippen LogP contribution is 2.18. The Morgan fingerprint density at radius 1 is 1.53 bits per heavy atom. The van der Waals surface area contributed by atoms with Gasteiger partial charge in [0.25, 0.3) is 0 Å². The number of hydrogen-bond donors (Lipinski definition) is 1. The molecule has 2 heterocycles. The molecule has 1 amide bonds. The van der Waals surface area contributed by atoms with Crippen molar-refractivity contribution in [3.05, 3.63) is 36.9 Å². The van der Waals surface area contributed by atoms with Crippen molar-refractivity contribution in [2.24, 2.45) is 0 Å². The van der Waals surface area contributed by atoms with E-state index < -0.39 is 0 Å². The first-order valence-corrected chi connectivity index (χ1v) is 8.19. The van der Waals surface area contributed by atoms with Crippen LogP contribution >= 0.6 is 34.9 Å². The van der Waals surface area contributed by atoms with Crippen LogP contribution in [0.15, 0.2) is 17.5 Å². The van der Waals surface area contributed by atoms with Gasteiger partial charge in [0.15, 0.2) is 3.95 Å². The Labute approximate surface area is 125 Å². The molecule has 0 saturated heterocycles. The lowest BCUT2D eigenvalue weighted by atomic mass is 10.2. The van der Waals surface area contributed by atoms with Crippen LogP contribution in [-0.2, 0) is 17.8 Å². The zero-order valence-corrected chi connectivity index (χ0v) is 13.4. The molecule has 2 aromatic heterocycles. The fraction of sp³-hybridized carbons (Fsp3) is 0.385. The van der Waals surface area contributed by atoms with Crippen LogP contribution in [-0.4, -0.2) is 22.3 Å². The van der Waals surface area contributed by atoms with Crippen LogP contribution in [0.25, 0.3) is 0 Å². The Bertz CT molecular complexity index is 598. The zero-order valence-electron chi connectivity index (χ0n) is 10.9. The van der Waals surface area contributed by atoms with Gasteiger partial charge in [-0.05, 0) is 37.5 Å². The molecular weight excluding hydrogens is 296 g/mol. The Hall–Kier alpha value is -0.980. The third-order valence-electron chi connectivity index (χ3n) is 2.90. The largest absolute Gasteiger partial charge is 0.341 e. The third-order valence-corrected chi connectivity index (χ3v) is 5.09. The number of amides is 1. The second-order valence-electron chi connectivity index (χ2n) is 4.23. The number of thiophene rings is 1. The fourth-order valence-electron chi connectivity index (χ4n) is 1.82. The van der Waals surface area contributed by atoms with Crippen LogP contribution in [0, 0.1) is 10.9 Å². The van der Waals surface area contributed by atoms with Crippen LogP contribution in [0.2, 0.25) is 0 Å². The van der Waals surface area contributed by atoms with Gasteiger partial charge in [-0.3, -0.25) is 4.79 Å². The number of aryl methyl sites for hydroxylation is 1. The second-order valence-corrected chi connectivity index (χ2v) is 7.03. The standard InChI is InChI=1S/C13H16N2OS3/c1-3-15(8-10-5-4-6-18-10)12(16)7-11-9(2)14-13(17)19-11/h4-6H,3,7-8H2,1-2H3,(H,14,17). The molecule has 3 nitrogen and oxygen atoms in total. The highest BCUT2D eigenvalue weighted by Gasteiger charge is 2.15. The molecule has 6 heteroatoms. The molecule has 102 valence electrons. The normalized spacial score (nSPS) is 10.6. The van der Waals surface area contributed by atoms with Crippen molar-refractivity contribution < 1.29 is 4.79 Å². The summed E-state index contributed by atoms with van der Waals surface area (Å²) in [6.45, 7) is 5.40. The molecule has 19 heavy (non-hydrogen) atoms. The Morgan fingerprint density at radius 2 is 2.32 bits per heavy atom. The van der Waals surface area contributed by atoms with E-state index >= 15 is 0 Å². The Kier molecular flexibility index (Phi) is 4.90. The van der Waals surface area contributed by atoms with E-state index in [1.54, 1.807) is 11.3 Å². The summed E-state index contributed by atoms with van der Waals surface area (Å²) in [6, 6.07) is 4.08. The van der Waals surface area contributed by atoms with Gasteiger partial charge in [-0.25, -0.2) is 0 Å². The van der Waals surface area contributed by atoms with Crippen molar-refractivity contribution in [3.8, 4) is 0 Å². The summed E-state index contributed by atoms with van der Waals surface area (Å²) in [4.78, 5) is 19.5. The molecule has 0 fully saturated rings. The molecule has 0 radical (unpaired) electrons. The number of carbonyl (C=O) groups is 1. The maximum Gasteiger partial charge on any atom is 0.228 e. The maximum atomic E-state index is 12.3. The van der Waals surface area contributed by atoms with Crippen LogP contribution in [0.1, 0.15) is 22.4 Å². The number of nitrogens with zero attached hydrogens (tertiary/aromatic N) is 1. The molecular formula is C13H16N2OS3. The molecule has 0 atom stereocenters. The number of aromatic amines is 1. The predicted molar refractivity (Wildman–Crippen MR) is 83.4 cm³/mol. The molecule has 2 aromatic rings. The van der Waals surface area contributed by atoms with Crippen molar-refractivity contribution in [3.63, 3.8) is 0 Å². The van der Waals surface area contributed by atoms with Crippen molar-refractivity contribution in [2.75, 3.05) is 6.54 Å². The highest BCUT2D eigenvalue weighted by molar-refractivity contribution is 7.73. The summed E-state index contributed by atoms with van der Waals surface area (Å²) in [5.74, 6) is 0.157. The number of aromatic nitrogens is 1. The van der Waals surface area contributed by atoms with E-state index in [4.69, 9.17) is 12.2 Å².